The number of nitrogens with two attached hydrogens (primary N) is 1. The summed E-state index contributed by atoms with van der Waals surface area (Å²) in [6.07, 6.45) is 6.14. The highest BCUT2D eigenvalue weighted by atomic mass is 32.1. The van der Waals surface area contributed by atoms with E-state index in [9.17, 15) is 0 Å². The van der Waals surface area contributed by atoms with Crippen molar-refractivity contribution in [1.29, 1.82) is 0 Å². The number of hydrogen-bond donors (Lipinski definition) is 2. The molecule has 0 spiro atoms. The number of thiophene rings is 1. The van der Waals surface area contributed by atoms with Crippen molar-refractivity contribution >= 4 is 17.2 Å². The average molecular weight is 237 g/mol. The summed E-state index contributed by atoms with van der Waals surface area (Å²) in [5.74, 6) is 6.38. The minimum Gasteiger partial charge on any atom is -0.308 e. The van der Waals surface area contributed by atoms with Crippen LogP contribution in [0.25, 0.3) is 0 Å². The Balaban J connectivity index is 2.21. The lowest BCUT2D eigenvalue weighted by molar-refractivity contribution is 0.697. The molecule has 1 aromatic rings. The molecule has 0 saturated carbocycles. The number of nitrogens with zero attached hydrogens (tertiary/aromatic N) is 1. The van der Waals surface area contributed by atoms with E-state index in [1.54, 1.807) is 0 Å². The quantitative estimate of drug-likeness (QED) is 0.367. The first-order valence-electron chi connectivity index (χ1n) is 5.98. The molecule has 0 atom stereocenters. The molecule has 4 heteroatoms. The standard InChI is InChI=1S/C12H19N3S/c1-2-7-14-12(15-13)11-8-9-5-3-4-6-10(9)16-11/h8H,2-7,13H2,1H3,(H,14,15). The van der Waals surface area contributed by atoms with Gasteiger partial charge in [0.25, 0.3) is 0 Å². The summed E-state index contributed by atoms with van der Waals surface area (Å²) in [6, 6.07) is 2.26. The first-order chi connectivity index (χ1) is 7.85. The molecule has 2 rings (SSSR count). The fourth-order valence-electron chi connectivity index (χ4n) is 2.03. The first kappa shape index (κ1) is 11.6. The fraction of sp³-hybridized carbons (Fsp3) is 0.583. The van der Waals surface area contributed by atoms with E-state index in [0.717, 1.165) is 18.8 Å². The third-order valence-electron chi connectivity index (χ3n) is 2.86. The van der Waals surface area contributed by atoms with Gasteiger partial charge in [-0.15, -0.1) is 11.3 Å². The van der Waals surface area contributed by atoms with Gasteiger partial charge < -0.3 is 5.43 Å². The van der Waals surface area contributed by atoms with Gasteiger partial charge in [-0.05, 0) is 43.7 Å². The van der Waals surface area contributed by atoms with Crippen molar-refractivity contribution in [3.63, 3.8) is 0 Å². The van der Waals surface area contributed by atoms with Gasteiger partial charge in [0.15, 0.2) is 5.84 Å². The Bertz CT molecular complexity index is 358. The number of nitrogens with one attached hydrogen (secondary N) is 1. The second-order valence-electron chi connectivity index (χ2n) is 4.14. The number of aryl methyl sites for hydroxylation is 2. The topological polar surface area (TPSA) is 50.4 Å². The van der Waals surface area contributed by atoms with Crippen LogP contribution in [0.2, 0.25) is 0 Å². The van der Waals surface area contributed by atoms with Crippen molar-refractivity contribution in [1.82, 2.24) is 5.43 Å². The van der Waals surface area contributed by atoms with Gasteiger partial charge in [0.1, 0.15) is 0 Å². The molecule has 1 aliphatic carbocycles. The summed E-state index contributed by atoms with van der Waals surface area (Å²) in [6.45, 7) is 2.96. The maximum Gasteiger partial charge on any atom is 0.152 e. The van der Waals surface area contributed by atoms with Crippen LogP contribution in [0, 0.1) is 0 Å². The molecule has 0 amide bonds. The molecule has 0 aromatic carbocycles. The van der Waals surface area contributed by atoms with Crippen LogP contribution in [-0.4, -0.2) is 12.4 Å². The van der Waals surface area contributed by atoms with E-state index >= 15 is 0 Å². The molecule has 16 heavy (non-hydrogen) atoms. The van der Waals surface area contributed by atoms with Crippen LogP contribution in [0.4, 0.5) is 0 Å². The summed E-state index contributed by atoms with van der Waals surface area (Å²) in [7, 11) is 0. The normalized spacial score (nSPS) is 16.0. The average Bonchev–Trinajstić information content (AvgIpc) is 2.73. The SMILES string of the molecule is CCCN=C(NN)c1cc2c(s1)CCCC2. The van der Waals surface area contributed by atoms with Crippen LogP contribution < -0.4 is 11.3 Å². The zero-order valence-electron chi connectivity index (χ0n) is 9.75. The predicted octanol–water partition coefficient (Wildman–Crippen LogP) is 2.25. The van der Waals surface area contributed by atoms with E-state index in [0.29, 0.717) is 0 Å². The number of amidine groups is 1. The number of rotatable bonds is 3. The van der Waals surface area contributed by atoms with Gasteiger partial charge in [-0.3, -0.25) is 4.99 Å². The molecular formula is C12H19N3S. The van der Waals surface area contributed by atoms with E-state index in [2.05, 4.69) is 23.4 Å². The smallest absolute Gasteiger partial charge is 0.152 e. The van der Waals surface area contributed by atoms with Gasteiger partial charge in [0.2, 0.25) is 0 Å². The molecule has 0 radical (unpaired) electrons. The summed E-state index contributed by atoms with van der Waals surface area (Å²) in [4.78, 5) is 7.19. The second kappa shape index (κ2) is 5.46. The highest BCUT2D eigenvalue weighted by molar-refractivity contribution is 7.14. The van der Waals surface area contributed by atoms with Crippen molar-refractivity contribution in [2.24, 2.45) is 10.8 Å². The minimum absolute atomic E-state index is 0.835. The van der Waals surface area contributed by atoms with Crippen LogP contribution in [0.15, 0.2) is 11.1 Å². The maximum absolute atomic E-state index is 5.53. The molecule has 0 aliphatic heterocycles. The molecule has 3 nitrogen and oxygen atoms in total. The van der Waals surface area contributed by atoms with Gasteiger partial charge in [-0.2, -0.15) is 0 Å². The van der Waals surface area contributed by atoms with Crippen LogP contribution in [-0.2, 0) is 12.8 Å². The summed E-state index contributed by atoms with van der Waals surface area (Å²) < 4.78 is 0. The van der Waals surface area contributed by atoms with E-state index in [-0.39, 0.29) is 0 Å². The highest BCUT2D eigenvalue weighted by Crippen LogP contribution is 2.29. The molecule has 1 heterocycles. The highest BCUT2D eigenvalue weighted by Gasteiger charge is 2.15. The van der Waals surface area contributed by atoms with Crippen LogP contribution >= 0.6 is 11.3 Å². The van der Waals surface area contributed by atoms with Crippen molar-refractivity contribution in [2.75, 3.05) is 6.54 Å². The first-order valence-corrected chi connectivity index (χ1v) is 6.79. The van der Waals surface area contributed by atoms with E-state index in [1.165, 1.54) is 41.0 Å². The Labute approximate surface area is 101 Å². The third-order valence-corrected chi connectivity index (χ3v) is 4.10. The van der Waals surface area contributed by atoms with Crippen LogP contribution in [0.1, 0.15) is 41.5 Å². The predicted molar refractivity (Wildman–Crippen MR) is 70.0 cm³/mol. The Morgan fingerprint density at radius 2 is 2.31 bits per heavy atom. The van der Waals surface area contributed by atoms with Gasteiger partial charge in [0, 0.05) is 11.4 Å². The lowest BCUT2D eigenvalue weighted by Crippen LogP contribution is -2.30. The molecule has 1 aromatic heterocycles. The number of aliphatic imine (C=N–C) groups is 1. The Kier molecular flexibility index (Phi) is 3.96. The number of hydrazine groups is 1. The van der Waals surface area contributed by atoms with Crippen molar-refractivity contribution < 1.29 is 0 Å². The van der Waals surface area contributed by atoms with E-state index in [4.69, 9.17) is 5.84 Å². The fourth-order valence-corrected chi connectivity index (χ4v) is 3.25. The van der Waals surface area contributed by atoms with Crippen LogP contribution in [0.3, 0.4) is 0 Å². The second-order valence-corrected chi connectivity index (χ2v) is 5.28. The molecule has 1 aliphatic rings. The molecule has 0 bridgehead atoms. The Morgan fingerprint density at radius 1 is 1.50 bits per heavy atom. The monoisotopic (exact) mass is 237 g/mol. The third kappa shape index (κ3) is 2.44. The maximum atomic E-state index is 5.53. The largest absolute Gasteiger partial charge is 0.308 e. The van der Waals surface area contributed by atoms with Crippen LogP contribution in [0.5, 0.6) is 0 Å². The van der Waals surface area contributed by atoms with Gasteiger partial charge in [-0.1, -0.05) is 6.92 Å². The van der Waals surface area contributed by atoms with Crippen molar-refractivity contribution in [3.05, 3.63) is 21.4 Å². The number of fused-ring (bicyclic) bond motifs is 1. The molecule has 0 fully saturated rings. The summed E-state index contributed by atoms with van der Waals surface area (Å²) in [5.41, 5.74) is 4.23. The molecule has 3 N–H and O–H groups in total. The van der Waals surface area contributed by atoms with E-state index in [1.807, 2.05) is 11.3 Å². The van der Waals surface area contributed by atoms with Gasteiger partial charge in [-0.25, -0.2) is 5.84 Å². The van der Waals surface area contributed by atoms with Gasteiger partial charge >= 0.3 is 0 Å². The zero-order chi connectivity index (χ0) is 11.4. The lowest BCUT2D eigenvalue weighted by Gasteiger charge is -2.08. The number of hydrogen-bond acceptors (Lipinski definition) is 3. The zero-order valence-corrected chi connectivity index (χ0v) is 10.6. The molecule has 0 unspecified atom stereocenters. The summed E-state index contributed by atoms with van der Waals surface area (Å²) >= 11 is 1.85. The minimum atomic E-state index is 0.835. The lowest BCUT2D eigenvalue weighted by atomic mass is 9.99. The molecular weight excluding hydrogens is 218 g/mol. The molecule has 0 saturated heterocycles. The van der Waals surface area contributed by atoms with Crippen molar-refractivity contribution in [3.8, 4) is 0 Å². The van der Waals surface area contributed by atoms with Crippen molar-refractivity contribution in [2.45, 2.75) is 39.0 Å². The Hall–Kier alpha value is -0.870. The Morgan fingerprint density at radius 3 is 3.00 bits per heavy atom. The molecule has 88 valence electrons. The van der Waals surface area contributed by atoms with Gasteiger partial charge in [0.05, 0.1) is 4.88 Å². The summed E-state index contributed by atoms with van der Waals surface area (Å²) in [5, 5.41) is 0. The van der Waals surface area contributed by atoms with E-state index < -0.39 is 0 Å².